The zero-order valence-corrected chi connectivity index (χ0v) is 23.9. The molecule has 0 aromatic heterocycles. The van der Waals surface area contributed by atoms with E-state index in [1.165, 1.54) is 51.4 Å². The molecule has 5 rings (SSSR count). The lowest BCUT2D eigenvalue weighted by Gasteiger charge is -2.70. The fourth-order valence-electron chi connectivity index (χ4n) is 11.3. The minimum absolute atomic E-state index is 0.0204. The van der Waals surface area contributed by atoms with Crippen molar-refractivity contribution in [2.45, 2.75) is 126 Å². The lowest BCUT2D eigenvalue weighted by molar-refractivity contribution is -0.199. The first kappa shape index (κ1) is 25.8. The van der Waals surface area contributed by atoms with E-state index in [1.54, 1.807) is 12.5 Å². The Hall–Kier alpha value is -0.830. The van der Waals surface area contributed by atoms with Crippen LogP contribution in [0.4, 0.5) is 0 Å². The molecule has 198 valence electrons. The van der Waals surface area contributed by atoms with E-state index in [0.29, 0.717) is 35.2 Å². The van der Waals surface area contributed by atoms with E-state index in [9.17, 15) is 9.90 Å². The highest BCUT2D eigenvalue weighted by Crippen LogP contribution is 2.75. The standard InChI is InChI=1S/C32H52O3/c1-21(34)35-26-12-16-30(6)22(27(26,2)3)10-14-31(7)23-9-13-29(5)18-17-28(4,20-33)19-25(29)32(23,8)15-11-24(30)31/h9,22,24-26,33H,10-20H2,1-8H3/t22-,24-,25-,26-,28+,29+,30+,31+,32-/m1/s1. The fraction of sp³-hybridized carbons (Fsp3) is 0.906. The zero-order chi connectivity index (χ0) is 25.7. The molecule has 0 aliphatic heterocycles. The molecule has 3 heteroatoms. The van der Waals surface area contributed by atoms with Crippen molar-refractivity contribution in [3.05, 3.63) is 11.6 Å². The lowest BCUT2D eigenvalue weighted by Crippen LogP contribution is -2.63. The summed E-state index contributed by atoms with van der Waals surface area (Å²) in [5.41, 5.74) is 3.07. The van der Waals surface area contributed by atoms with Gasteiger partial charge >= 0.3 is 5.97 Å². The van der Waals surface area contributed by atoms with E-state index < -0.39 is 0 Å². The first-order valence-electron chi connectivity index (χ1n) is 14.6. The van der Waals surface area contributed by atoms with Crippen molar-refractivity contribution in [1.29, 1.82) is 0 Å². The van der Waals surface area contributed by atoms with Gasteiger partial charge in [0, 0.05) is 18.9 Å². The zero-order valence-electron chi connectivity index (χ0n) is 23.9. The number of allylic oxidation sites excluding steroid dienone is 2. The Morgan fingerprint density at radius 2 is 1.51 bits per heavy atom. The molecule has 4 fully saturated rings. The second-order valence-electron chi connectivity index (χ2n) is 15.7. The van der Waals surface area contributed by atoms with Crippen LogP contribution in [0.5, 0.6) is 0 Å². The summed E-state index contributed by atoms with van der Waals surface area (Å²) >= 11 is 0. The predicted molar refractivity (Wildman–Crippen MR) is 142 cm³/mol. The van der Waals surface area contributed by atoms with Crippen LogP contribution in [-0.4, -0.2) is 23.8 Å². The minimum Gasteiger partial charge on any atom is -0.462 e. The number of ether oxygens (including phenoxy) is 1. The molecule has 1 N–H and O–H groups in total. The molecular weight excluding hydrogens is 432 g/mol. The maximum Gasteiger partial charge on any atom is 0.302 e. The average Bonchev–Trinajstić information content (AvgIpc) is 2.76. The maximum absolute atomic E-state index is 11.9. The van der Waals surface area contributed by atoms with Crippen LogP contribution < -0.4 is 0 Å². The molecule has 5 aliphatic carbocycles. The van der Waals surface area contributed by atoms with E-state index >= 15 is 0 Å². The van der Waals surface area contributed by atoms with Gasteiger partial charge in [0.05, 0.1) is 0 Å². The summed E-state index contributed by atoms with van der Waals surface area (Å²) < 4.78 is 5.89. The number of carbonyl (C=O) groups excluding carboxylic acids is 1. The van der Waals surface area contributed by atoms with Gasteiger partial charge in [-0.25, -0.2) is 0 Å². The lowest BCUT2D eigenvalue weighted by atomic mass is 9.34. The van der Waals surface area contributed by atoms with Crippen LogP contribution in [0, 0.1) is 50.2 Å². The van der Waals surface area contributed by atoms with Crippen molar-refractivity contribution in [2.24, 2.45) is 50.2 Å². The third-order valence-corrected chi connectivity index (χ3v) is 13.2. The number of aliphatic hydroxyl groups excluding tert-OH is 1. The van der Waals surface area contributed by atoms with Crippen LogP contribution >= 0.6 is 0 Å². The van der Waals surface area contributed by atoms with Gasteiger partial charge in [-0.2, -0.15) is 0 Å². The van der Waals surface area contributed by atoms with Gasteiger partial charge in [0.25, 0.3) is 0 Å². The van der Waals surface area contributed by atoms with Gasteiger partial charge in [-0.1, -0.05) is 60.1 Å². The number of hydrogen-bond acceptors (Lipinski definition) is 3. The summed E-state index contributed by atoms with van der Waals surface area (Å²) in [5.74, 6) is 1.83. The van der Waals surface area contributed by atoms with Crippen molar-refractivity contribution < 1.29 is 14.6 Å². The molecule has 5 aliphatic rings. The largest absolute Gasteiger partial charge is 0.462 e. The molecule has 4 saturated carbocycles. The molecule has 0 radical (unpaired) electrons. The highest BCUT2D eigenvalue weighted by atomic mass is 16.5. The number of carbonyl (C=O) groups is 1. The van der Waals surface area contributed by atoms with Crippen molar-refractivity contribution >= 4 is 5.97 Å². The molecule has 0 aromatic carbocycles. The SMILES string of the molecule is CC(=O)O[C@@H]1CC[C@@]2(C)[C@H](CC[C@@]3(C)C4=CC[C@@]5(C)CC[C@](C)(CO)C[C@H]5[C@]4(C)CC[C@H]23)C1(C)C. The smallest absolute Gasteiger partial charge is 0.302 e. The van der Waals surface area contributed by atoms with Crippen molar-refractivity contribution in [3.8, 4) is 0 Å². The molecule has 3 nitrogen and oxygen atoms in total. The first-order valence-corrected chi connectivity index (χ1v) is 14.6. The van der Waals surface area contributed by atoms with Gasteiger partial charge in [-0.05, 0) is 109 Å². The summed E-state index contributed by atoms with van der Waals surface area (Å²) in [6, 6.07) is 0. The molecule has 0 spiro atoms. The van der Waals surface area contributed by atoms with Gasteiger partial charge in [0.1, 0.15) is 6.10 Å². The Labute approximate surface area is 214 Å². The Kier molecular flexibility index (Phi) is 5.78. The van der Waals surface area contributed by atoms with Crippen molar-refractivity contribution in [1.82, 2.24) is 0 Å². The molecule has 0 heterocycles. The Morgan fingerprint density at radius 1 is 0.886 bits per heavy atom. The molecule has 35 heavy (non-hydrogen) atoms. The van der Waals surface area contributed by atoms with E-state index in [1.807, 2.05) is 0 Å². The van der Waals surface area contributed by atoms with Crippen LogP contribution in [0.3, 0.4) is 0 Å². The van der Waals surface area contributed by atoms with Crippen LogP contribution in [0.15, 0.2) is 11.6 Å². The second kappa shape index (κ2) is 7.84. The predicted octanol–water partition coefficient (Wildman–Crippen LogP) is 7.71. The number of rotatable bonds is 2. The third-order valence-electron chi connectivity index (χ3n) is 13.2. The van der Waals surface area contributed by atoms with Gasteiger partial charge in [-0.15, -0.1) is 0 Å². The monoisotopic (exact) mass is 484 g/mol. The van der Waals surface area contributed by atoms with E-state index in [-0.39, 0.29) is 33.7 Å². The van der Waals surface area contributed by atoms with E-state index in [2.05, 4.69) is 54.5 Å². The van der Waals surface area contributed by atoms with Gasteiger partial charge < -0.3 is 9.84 Å². The number of fused-ring (bicyclic) bond motifs is 7. The fourth-order valence-corrected chi connectivity index (χ4v) is 11.3. The molecule has 0 saturated heterocycles. The van der Waals surface area contributed by atoms with Gasteiger partial charge in [-0.3, -0.25) is 4.79 Å². The topological polar surface area (TPSA) is 46.5 Å². The van der Waals surface area contributed by atoms with Crippen LogP contribution in [0.2, 0.25) is 0 Å². The third kappa shape index (κ3) is 3.48. The Balaban J connectivity index is 1.50. The van der Waals surface area contributed by atoms with E-state index in [4.69, 9.17) is 4.74 Å². The second-order valence-corrected chi connectivity index (χ2v) is 15.7. The number of aliphatic hydroxyl groups is 1. The Morgan fingerprint density at radius 3 is 2.14 bits per heavy atom. The maximum atomic E-state index is 11.9. The molecule has 0 unspecified atom stereocenters. The molecular formula is C32H52O3. The molecule has 0 aromatic rings. The summed E-state index contributed by atoms with van der Waals surface area (Å²) in [7, 11) is 0. The number of esters is 1. The molecule has 0 amide bonds. The molecule has 0 bridgehead atoms. The van der Waals surface area contributed by atoms with Crippen molar-refractivity contribution in [3.63, 3.8) is 0 Å². The normalized spacial score (nSPS) is 52.8. The number of hydrogen-bond donors (Lipinski definition) is 1. The quantitative estimate of drug-likeness (QED) is 0.322. The minimum atomic E-state index is -0.126. The highest BCUT2D eigenvalue weighted by molar-refractivity contribution is 5.66. The van der Waals surface area contributed by atoms with Gasteiger partial charge in [0.2, 0.25) is 0 Å². The van der Waals surface area contributed by atoms with Crippen molar-refractivity contribution in [2.75, 3.05) is 6.61 Å². The molecule has 9 atom stereocenters. The summed E-state index contributed by atoms with van der Waals surface area (Å²) in [6.45, 7) is 19.4. The summed E-state index contributed by atoms with van der Waals surface area (Å²) in [6.07, 6.45) is 14.8. The Bertz CT molecular complexity index is 920. The van der Waals surface area contributed by atoms with E-state index in [0.717, 1.165) is 12.8 Å². The summed E-state index contributed by atoms with van der Waals surface area (Å²) in [4.78, 5) is 11.9. The average molecular weight is 485 g/mol. The van der Waals surface area contributed by atoms with Gasteiger partial charge in [0.15, 0.2) is 0 Å². The summed E-state index contributed by atoms with van der Waals surface area (Å²) in [5, 5.41) is 10.3. The first-order chi connectivity index (χ1) is 16.1. The van der Waals surface area contributed by atoms with Crippen LogP contribution in [0.1, 0.15) is 120 Å². The highest BCUT2D eigenvalue weighted by Gasteiger charge is 2.67. The van der Waals surface area contributed by atoms with Crippen LogP contribution in [0.25, 0.3) is 0 Å². The van der Waals surface area contributed by atoms with Crippen LogP contribution in [-0.2, 0) is 9.53 Å².